The van der Waals surface area contributed by atoms with Crippen LogP contribution < -0.4 is 0 Å². The molecule has 0 radical (unpaired) electrons. The van der Waals surface area contributed by atoms with E-state index in [0.717, 1.165) is 17.8 Å². The van der Waals surface area contributed by atoms with E-state index in [1.165, 1.54) is 34.2 Å². The number of fused-ring (bicyclic) bond motifs is 5. The van der Waals surface area contributed by atoms with Crippen LogP contribution in [0.15, 0.2) is 47.5 Å². The maximum atomic E-state index is 4.80. The van der Waals surface area contributed by atoms with Crippen molar-refractivity contribution in [2.45, 2.75) is 19.8 Å². The summed E-state index contributed by atoms with van der Waals surface area (Å²) in [5.74, 6) is 0. The molecule has 4 rings (SSSR count). The third-order valence-electron chi connectivity index (χ3n) is 3.94. The van der Waals surface area contributed by atoms with Gasteiger partial charge in [0.05, 0.1) is 11.4 Å². The number of hydrogen-bond acceptors (Lipinski definition) is 1. The molecule has 0 atom stereocenters. The van der Waals surface area contributed by atoms with Gasteiger partial charge in [-0.25, -0.2) is 4.99 Å². The number of nitrogens with zero attached hydrogens (tertiary/aromatic N) is 1. The second-order valence-electron chi connectivity index (χ2n) is 5.16. The summed E-state index contributed by atoms with van der Waals surface area (Å²) in [7, 11) is 0. The van der Waals surface area contributed by atoms with E-state index in [9.17, 15) is 0 Å². The highest BCUT2D eigenvalue weighted by atomic mass is 14.8. The standard InChI is InChI=1S/C18H15N/c1-2-6-12-7-5-9-14-15(12)11-16-13-8-3-4-10-17(13)19-18(14)16/h3-5,7-11H,2,6H2,1H3. The molecule has 1 aliphatic carbocycles. The van der Waals surface area contributed by atoms with Crippen molar-refractivity contribution in [2.24, 2.45) is 4.99 Å². The Kier molecular flexibility index (Phi) is 2.22. The van der Waals surface area contributed by atoms with Crippen LogP contribution in [0.1, 0.15) is 35.6 Å². The van der Waals surface area contributed by atoms with Gasteiger partial charge in [-0.05, 0) is 29.7 Å². The maximum absolute atomic E-state index is 4.80. The van der Waals surface area contributed by atoms with Crippen LogP contribution in [0.3, 0.4) is 0 Å². The summed E-state index contributed by atoms with van der Waals surface area (Å²) in [5.41, 5.74) is 8.97. The molecule has 0 bridgehead atoms. The summed E-state index contributed by atoms with van der Waals surface area (Å²) in [6.45, 7) is 2.23. The van der Waals surface area contributed by atoms with Crippen molar-refractivity contribution >= 4 is 23.0 Å². The van der Waals surface area contributed by atoms with E-state index in [2.05, 4.69) is 55.5 Å². The second kappa shape index (κ2) is 3.92. The van der Waals surface area contributed by atoms with Crippen LogP contribution in [-0.2, 0) is 6.42 Å². The number of aryl methyl sites for hydroxylation is 1. The van der Waals surface area contributed by atoms with E-state index in [1.54, 1.807) is 0 Å². The first-order valence-electron chi connectivity index (χ1n) is 6.91. The van der Waals surface area contributed by atoms with E-state index in [0.29, 0.717) is 0 Å². The molecule has 0 aromatic heterocycles. The second-order valence-corrected chi connectivity index (χ2v) is 5.16. The molecule has 0 fully saturated rings. The highest BCUT2D eigenvalue weighted by Gasteiger charge is 2.28. The highest BCUT2D eigenvalue weighted by molar-refractivity contribution is 6.43. The Bertz CT molecular complexity index is 735. The van der Waals surface area contributed by atoms with E-state index >= 15 is 0 Å². The summed E-state index contributed by atoms with van der Waals surface area (Å²) in [5, 5.41) is 0. The summed E-state index contributed by atoms with van der Waals surface area (Å²) in [6, 6.07) is 15.0. The molecular weight excluding hydrogens is 230 g/mol. The molecular formula is C18H15N. The minimum atomic E-state index is 1.11. The molecule has 2 aliphatic rings. The summed E-state index contributed by atoms with van der Waals surface area (Å²) in [6.07, 6.45) is 4.65. The van der Waals surface area contributed by atoms with E-state index in [1.807, 2.05) is 0 Å². The van der Waals surface area contributed by atoms with E-state index in [-0.39, 0.29) is 0 Å². The normalized spacial score (nSPS) is 14.6. The van der Waals surface area contributed by atoms with Crippen LogP contribution in [-0.4, -0.2) is 5.71 Å². The van der Waals surface area contributed by atoms with Gasteiger partial charge in [0.25, 0.3) is 0 Å². The molecule has 0 spiro atoms. The molecule has 2 aromatic carbocycles. The molecule has 0 amide bonds. The van der Waals surface area contributed by atoms with Crippen molar-refractivity contribution in [1.29, 1.82) is 0 Å². The fourth-order valence-corrected chi connectivity index (χ4v) is 3.08. The quantitative estimate of drug-likeness (QED) is 0.731. The Balaban J connectivity index is 1.92. The third-order valence-corrected chi connectivity index (χ3v) is 3.94. The Labute approximate surface area is 113 Å². The smallest absolute Gasteiger partial charge is 0.0794 e. The Hall–Kier alpha value is -2.15. The Morgan fingerprint density at radius 3 is 2.68 bits per heavy atom. The monoisotopic (exact) mass is 245 g/mol. The fraction of sp³-hybridized carbons (Fsp3) is 0.167. The van der Waals surface area contributed by atoms with Crippen molar-refractivity contribution < 1.29 is 0 Å². The lowest BCUT2D eigenvalue weighted by Gasteiger charge is -2.06. The van der Waals surface area contributed by atoms with Gasteiger partial charge in [-0.2, -0.15) is 0 Å². The topological polar surface area (TPSA) is 12.4 Å². The summed E-state index contributed by atoms with van der Waals surface area (Å²) >= 11 is 0. The summed E-state index contributed by atoms with van der Waals surface area (Å²) < 4.78 is 0. The SMILES string of the molecule is CCCc1cccc2c1C=C1C2=Nc2ccccc21. The number of aliphatic imine (C=N–C) groups is 1. The van der Waals surface area contributed by atoms with E-state index in [4.69, 9.17) is 4.99 Å². The number of para-hydroxylation sites is 1. The van der Waals surface area contributed by atoms with E-state index < -0.39 is 0 Å². The van der Waals surface area contributed by atoms with Gasteiger partial charge < -0.3 is 0 Å². The highest BCUT2D eigenvalue weighted by Crippen LogP contribution is 2.43. The molecule has 92 valence electrons. The predicted molar refractivity (Wildman–Crippen MR) is 80.9 cm³/mol. The minimum Gasteiger partial charge on any atom is -0.247 e. The lowest BCUT2D eigenvalue weighted by molar-refractivity contribution is 0.919. The Morgan fingerprint density at radius 2 is 1.79 bits per heavy atom. The van der Waals surface area contributed by atoms with Crippen molar-refractivity contribution in [3.8, 4) is 0 Å². The van der Waals surface area contributed by atoms with Crippen LogP contribution in [0.25, 0.3) is 11.6 Å². The molecule has 19 heavy (non-hydrogen) atoms. The minimum absolute atomic E-state index is 1.11. The van der Waals surface area contributed by atoms with Gasteiger partial charge in [0.15, 0.2) is 0 Å². The van der Waals surface area contributed by atoms with Gasteiger partial charge in [0.1, 0.15) is 0 Å². The largest absolute Gasteiger partial charge is 0.247 e. The lowest BCUT2D eigenvalue weighted by Crippen LogP contribution is -1.97. The lowest BCUT2D eigenvalue weighted by atomic mass is 9.99. The maximum Gasteiger partial charge on any atom is 0.0794 e. The zero-order valence-electron chi connectivity index (χ0n) is 11.0. The van der Waals surface area contributed by atoms with Crippen LogP contribution in [0.5, 0.6) is 0 Å². The average Bonchev–Trinajstić information content (AvgIpc) is 2.96. The predicted octanol–water partition coefficient (Wildman–Crippen LogP) is 4.63. The van der Waals surface area contributed by atoms with Crippen LogP contribution in [0, 0.1) is 0 Å². The molecule has 1 aliphatic heterocycles. The third kappa shape index (κ3) is 1.45. The zero-order chi connectivity index (χ0) is 12.8. The first kappa shape index (κ1) is 10.7. The molecule has 1 nitrogen and oxygen atoms in total. The van der Waals surface area contributed by atoms with Crippen molar-refractivity contribution in [3.05, 3.63) is 64.7 Å². The first-order valence-corrected chi connectivity index (χ1v) is 6.91. The molecule has 1 heterocycles. The molecule has 0 saturated heterocycles. The van der Waals surface area contributed by atoms with Gasteiger partial charge in [0.2, 0.25) is 0 Å². The van der Waals surface area contributed by atoms with Crippen LogP contribution in [0.2, 0.25) is 0 Å². The average molecular weight is 245 g/mol. The van der Waals surface area contributed by atoms with Crippen LogP contribution in [0.4, 0.5) is 5.69 Å². The molecule has 1 heteroatoms. The first-order chi connectivity index (χ1) is 9.38. The van der Waals surface area contributed by atoms with Gasteiger partial charge in [-0.3, -0.25) is 0 Å². The van der Waals surface area contributed by atoms with Crippen LogP contribution >= 0.6 is 0 Å². The van der Waals surface area contributed by atoms with Crippen molar-refractivity contribution in [1.82, 2.24) is 0 Å². The van der Waals surface area contributed by atoms with Crippen molar-refractivity contribution in [3.63, 3.8) is 0 Å². The number of hydrogen-bond donors (Lipinski definition) is 0. The van der Waals surface area contributed by atoms with Gasteiger partial charge in [0, 0.05) is 16.7 Å². The molecule has 0 unspecified atom stereocenters. The number of allylic oxidation sites excluding steroid dienone is 1. The Morgan fingerprint density at radius 1 is 0.947 bits per heavy atom. The summed E-state index contributed by atoms with van der Waals surface area (Å²) in [4.78, 5) is 4.80. The molecule has 0 saturated carbocycles. The van der Waals surface area contributed by atoms with Gasteiger partial charge >= 0.3 is 0 Å². The zero-order valence-corrected chi connectivity index (χ0v) is 11.0. The number of benzene rings is 2. The van der Waals surface area contributed by atoms with Gasteiger partial charge in [-0.1, -0.05) is 49.7 Å². The van der Waals surface area contributed by atoms with Crippen molar-refractivity contribution in [2.75, 3.05) is 0 Å². The molecule has 2 aromatic rings. The fourth-order valence-electron chi connectivity index (χ4n) is 3.08. The molecule has 0 N–H and O–H groups in total. The number of rotatable bonds is 2. The van der Waals surface area contributed by atoms with Gasteiger partial charge in [-0.15, -0.1) is 0 Å².